The van der Waals surface area contributed by atoms with E-state index in [9.17, 15) is 9.90 Å². The Hall–Kier alpha value is -1.82. The van der Waals surface area contributed by atoms with Crippen molar-refractivity contribution in [3.05, 3.63) is 46.7 Å². The Morgan fingerprint density at radius 2 is 1.82 bits per heavy atom. The molecule has 1 amide bonds. The van der Waals surface area contributed by atoms with Gasteiger partial charge in [-0.15, -0.1) is 0 Å². The number of benzene rings is 1. The van der Waals surface area contributed by atoms with Crippen LogP contribution in [0.1, 0.15) is 41.7 Å². The van der Waals surface area contributed by atoms with E-state index >= 15 is 0 Å². The summed E-state index contributed by atoms with van der Waals surface area (Å²) in [5.41, 5.74) is 2.84. The lowest BCUT2D eigenvalue weighted by Crippen LogP contribution is -2.42. The van der Waals surface area contributed by atoms with Crippen molar-refractivity contribution in [2.45, 2.75) is 44.8 Å². The number of amides is 1. The van der Waals surface area contributed by atoms with Gasteiger partial charge in [0.05, 0.1) is 25.4 Å². The number of ether oxygens (including phenoxy) is 1. The second-order valence-electron chi connectivity index (χ2n) is 8.01. The number of halogens is 1. The van der Waals surface area contributed by atoms with E-state index in [0.717, 1.165) is 42.4 Å². The summed E-state index contributed by atoms with van der Waals surface area (Å²) in [6.07, 6.45) is 5.65. The first-order valence-corrected chi connectivity index (χ1v) is 10.4. The summed E-state index contributed by atoms with van der Waals surface area (Å²) >= 11 is 6.07. The molecule has 2 heterocycles. The Balaban J connectivity index is 1.78. The molecule has 28 heavy (non-hydrogen) atoms. The second kappa shape index (κ2) is 7.90. The van der Waals surface area contributed by atoms with E-state index in [1.165, 1.54) is 0 Å². The average Bonchev–Trinajstić information content (AvgIpc) is 3.26. The number of carbonyl (C=O) groups excluding carboxylic acids is 1. The third-order valence-electron chi connectivity index (χ3n) is 5.90. The number of aromatic nitrogens is 1. The lowest BCUT2D eigenvalue weighted by Gasteiger charge is -2.29. The summed E-state index contributed by atoms with van der Waals surface area (Å²) in [6.45, 7) is 4.78. The highest BCUT2D eigenvalue weighted by Crippen LogP contribution is 2.35. The van der Waals surface area contributed by atoms with Crippen LogP contribution in [0, 0.1) is 6.92 Å². The molecule has 1 aliphatic carbocycles. The van der Waals surface area contributed by atoms with Crippen molar-refractivity contribution < 1.29 is 14.6 Å². The van der Waals surface area contributed by atoms with Gasteiger partial charge in [-0.2, -0.15) is 0 Å². The summed E-state index contributed by atoms with van der Waals surface area (Å²) in [6, 6.07) is 7.60. The molecule has 1 N–H and O–H groups in total. The quantitative estimate of drug-likeness (QED) is 0.843. The number of morpholine rings is 1. The van der Waals surface area contributed by atoms with Crippen LogP contribution >= 0.6 is 11.6 Å². The number of nitrogens with zero attached hydrogens (tertiary/aromatic N) is 2. The highest BCUT2D eigenvalue weighted by Gasteiger charge is 2.34. The minimum atomic E-state index is -0.733. The SMILES string of the molecule is Cc1cn(CC2(O)CCCC2)c(C(=O)N2CCOCC2)c1-c1ccc(Cl)cc1. The molecular weight excluding hydrogens is 376 g/mol. The molecule has 2 fully saturated rings. The number of aliphatic hydroxyl groups is 1. The zero-order valence-electron chi connectivity index (χ0n) is 16.3. The average molecular weight is 403 g/mol. The van der Waals surface area contributed by atoms with Crippen molar-refractivity contribution in [1.29, 1.82) is 0 Å². The Morgan fingerprint density at radius 1 is 1.18 bits per heavy atom. The van der Waals surface area contributed by atoms with Crippen molar-refractivity contribution in [2.24, 2.45) is 0 Å². The fraction of sp³-hybridized carbons (Fsp3) is 0.500. The maximum absolute atomic E-state index is 13.5. The molecule has 2 aliphatic rings. The van der Waals surface area contributed by atoms with E-state index in [1.807, 2.05) is 46.9 Å². The fourth-order valence-corrected chi connectivity index (χ4v) is 4.58. The molecule has 0 atom stereocenters. The molecule has 150 valence electrons. The molecule has 5 nitrogen and oxygen atoms in total. The second-order valence-corrected chi connectivity index (χ2v) is 8.44. The van der Waals surface area contributed by atoms with Crippen LogP contribution in [0.25, 0.3) is 11.1 Å². The first-order chi connectivity index (χ1) is 13.5. The van der Waals surface area contributed by atoms with Crippen LogP contribution in [-0.2, 0) is 11.3 Å². The summed E-state index contributed by atoms with van der Waals surface area (Å²) < 4.78 is 7.39. The summed E-state index contributed by atoms with van der Waals surface area (Å²) in [5, 5.41) is 11.7. The van der Waals surface area contributed by atoms with Gasteiger partial charge in [0, 0.05) is 29.9 Å². The first kappa shape index (κ1) is 19.5. The largest absolute Gasteiger partial charge is 0.388 e. The van der Waals surface area contributed by atoms with Crippen LogP contribution in [0.2, 0.25) is 5.02 Å². The summed E-state index contributed by atoms with van der Waals surface area (Å²) in [5.74, 6) is 0.00273. The predicted octanol–water partition coefficient (Wildman–Crippen LogP) is 3.89. The molecule has 0 unspecified atom stereocenters. The number of rotatable bonds is 4. The van der Waals surface area contributed by atoms with Gasteiger partial charge in [-0.3, -0.25) is 4.79 Å². The van der Waals surface area contributed by atoms with Gasteiger partial charge in [-0.1, -0.05) is 36.6 Å². The van der Waals surface area contributed by atoms with E-state index in [1.54, 1.807) is 0 Å². The Morgan fingerprint density at radius 3 is 2.46 bits per heavy atom. The van der Waals surface area contributed by atoms with Crippen LogP contribution < -0.4 is 0 Å². The Kier molecular flexibility index (Phi) is 5.50. The van der Waals surface area contributed by atoms with E-state index in [-0.39, 0.29) is 5.91 Å². The third-order valence-corrected chi connectivity index (χ3v) is 6.15. The molecular formula is C22H27ClN2O3. The van der Waals surface area contributed by atoms with Crippen LogP contribution in [0.3, 0.4) is 0 Å². The van der Waals surface area contributed by atoms with Gasteiger partial charge in [0.2, 0.25) is 0 Å². The molecule has 0 radical (unpaired) electrons. The standard InChI is InChI=1S/C22H27ClN2O3/c1-16-14-25(15-22(27)8-2-3-9-22)20(21(26)24-10-12-28-13-11-24)19(16)17-4-6-18(23)7-5-17/h4-7,14,27H,2-3,8-13,15H2,1H3. The monoisotopic (exact) mass is 402 g/mol. The molecule has 1 aromatic carbocycles. The highest BCUT2D eigenvalue weighted by atomic mass is 35.5. The summed E-state index contributed by atoms with van der Waals surface area (Å²) in [7, 11) is 0. The molecule has 1 aliphatic heterocycles. The smallest absolute Gasteiger partial charge is 0.271 e. The van der Waals surface area contributed by atoms with Gasteiger partial charge in [0.15, 0.2) is 0 Å². The van der Waals surface area contributed by atoms with Crippen molar-refractivity contribution >= 4 is 17.5 Å². The minimum absolute atomic E-state index is 0.00273. The van der Waals surface area contributed by atoms with Gasteiger partial charge in [-0.25, -0.2) is 0 Å². The molecule has 4 rings (SSSR count). The molecule has 0 bridgehead atoms. The Labute approximate surface area is 170 Å². The number of carbonyl (C=O) groups is 1. The van der Waals surface area contributed by atoms with Crippen molar-refractivity contribution in [3.8, 4) is 11.1 Å². The van der Waals surface area contributed by atoms with E-state index < -0.39 is 5.60 Å². The van der Waals surface area contributed by atoms with E-state index in [0.29, 0.717) is 43.6 Å². The highest BCUT2D eigenvalue weighted by molar-refractivity contribution is 6.30. The lowest BCUT2D eigenvalue weighted by molar-refractivity contribution is 0.0236. The topological polar surface area (TPSA) is 54.7 Å². The molecule has 0 spiro atoms. The molecule has 6 heteroatoms. The normalized spacial score (nSPS) is 19.2. The molecule has 2 aromatic rings. The lowest BCUT2D eigenvalue weighted by atomic mass is 10.0. The minimum Gasteiger partial charge on any atom is -0.388 e. The van der Waals surface area contributed by atoms with E-state index in [4.69, 9.17) is 16.3 Å². The number of hydrogen-bond acceptors (Lipinski definition) is 3. The molecule has 1 saturated carbocycles. The van der Waals surface area contributed by atoms with Crippen molar-refractivity contribution in [1.82, 2.24) is 9.47 Å². The van der Waals surface area contributed by atoms with Crippen LogP contribution in [-0.4, -0.2) is 52.4 Å². The zero-order chi connectivity index (χ0) is 19.7. The summed E-state index contributed by atoms with van der Waals surface area (Å²) in [4.78, 5) is 15.4. The van der Waals surface area contributed by atoms with Gasteiger partial charge in [0.25, 0.3) is 5.91 Å². The predicted molar refractivity (Wildman–Crippen MR) is 110 cm³/mol. The van der Waals surface area contributed by atoms with Crippen molar-refractivity contribution in [3.63, 3.8) is 0 Å². The maximum Gasteiger partial charge on any atom is 0.271 e. The van der Waals surface area contributed by atoms with E-state index in [2.05, 4.69) is 0 Å². The zero-order valence-corrected chi connectivity index (χ0v) is 17.0. The van der Waals surface area contributed by atoms with Gasteiger partial charge >= 0.3 is 0 Å². The Bertz CT molecular complexity index is 847. The molecule has 1 saturated heterocycles. The number of hydrogen-bond donors (Lipinski definition) is 1. The van der Waals surface area contributed by atoms with Gasteiger partial charge in [0.1, 0.15) is 5.69 Å². The number of aryl methyl sites for hydroxylation is 1. The van der Waals surface area contributed by atoms with Crippen molar-refractivity contribution in [2.75, 3.05) is 26.3 Å². The van der Waals surface area contributed by atoms with Crippen LogP contribution in [0.15, 0.2) is 30.5 Å². The third kappa shape index (κ3) is 3.84. The first-order valence-electron chi connectivity index (χ1n) is 10.0. The van der Waals surface area contributed by atoms with Crippen LogP contribution in [0.4, 0.5) is 0 Å². The van der Waals surface area contributed by atoms with Crippen LogP contribution in [0.5, 0.6) is 0 Å². The van der Waals surface area contributed by atoms with Gasteiger partial charge < -0.3 is 19.3 Å². The fourth-order valence-electron chi connectivity index (χ4n) is 4.45. The maximum atomic E-state index is 13.5. The molecule has 1 aromatic heterocycles. The van der Waals surface area contributed by atoms with Gasteiger partial charge in [-0.05, 0) is 43.0 Å².